The van der Waals surface area contributed by atoms with E-state index < -0.39 is 11.9 Å². The molecule has 142 valence electrons. The van der Waals surface area contributed by atoms with Crippen molar-refractivity contribution in [2.45, 2.75) is 0 Å². The molecule has 0 unspecified atom stereocenters. The van der Waals surface area contributed by atoms with Crippen molar-refractivity contribution in [3.05, 3.63) is 75.2 Å². The molecule has 1 N–H and O–H groups in total. The first kappa shape index (κ1) is 20.1. The fraction of sp³-hybridized carbons (Fsp3) is 0.0526. The smallest absolute Gasteiger partial charge is 0.339 e. The number of pyridine rings is 2. The Morgan fingerprint density at radius 2 is 1.71 bits per heavy atom. The van der Waals surface area contributed by atoms with Crippen LogP contribution in [0.4, 0.5) is 5.69 Å². The molecule has 0 radical (unpaired) electrons. The van der Waals surface area contributed by atoms with Crippen molar-refractivity contribution >= 4 is 52.4 Å². The maximum Gasteiger partial charge on any atom is 0.339 e. The predicted molar refractivity (Wildman–Crippen MR) is 108 cm³/mol. The summed E-state index contributed by atoms with van der Waals surface area (Å²) in [6, 6.07) is 9.65. The Balaban J connectivity index is 1.88. The largest absolute Gasteiger partial charge is 0.465 e. The highest BCUT2D eigenvalue weighted by Gasteiger charge is 2.16. The van der Waals surface area contributed by atoms with Gasteiger partial charge in [-0.2, -0.15) is 0 Å². The summed E-state index contributed by atoms with van der Waals surface area (Å²) in [5.74, 6) is -1.03. The summed E-state index contributed by atoms with van der Waals surface area (Å²) in [5, 5.41) is 3.39. The quantitative estimate of drug-likeness (QED) is 0.452. The minimum Gasteiger partial charge on any atom is -0.465 e. The number of halogens is 3. The summed E-state index contributed by atoms with van der Waals surface area (Å²) in [5.41, 5.74) is 1.89. The number of ether oxygens (including phenoxy) is 1. The Labute approximate surface area is 175 Å². The number of carbonyl (C=O) groups excluding carboxylic acids is 2. The number of nitrogens with one attached hydrogen (secondary N) is 1. The van der Waals surface area contributed by atoms with Crippen molar-refractivity contribution in [2.24, 2.45) is 0 Å². The Morgan fingerprint density at radius 1 is 0.964 bits per heavy atom. The van der Waals surface area contributed by atoms with Gasteiger partial charge in [0.15, 0.2) is 0 Å². The third-order valence-corrected chi connectivity index (χ3v) is 4.97. The van der Waals surface area contributed by atoms with Crippen LogP contribution in [0.5, 0.6) is 0 Å². The Kier molecular flexibility index (Phi) is 6.14. The first-order valence-electron chi connectivity index (χ1n) is 7.87. The van der Waals surface area contributed by atoms with E-state index in [1.54, 1.807) is 24.3 Å². The molecular formula is C19H12Cl3N3O3. The fourth-order valence-corrected chi connectivity index (χ4v) is 3.06. The molecule has 1 aromatic carbocycles. The van der Waals surface area contributed by atoms with E-state index >= 15 is 0 Å². The van der Waals surface area contributed by atoms with Gasteiger partial charge in [-0.1, -0.05) is 46.9 Å². The van der Waals surface area contributed by atoms with Gasteiger partial charge in [0.25, 0.3) is 5.91 Å². The zero-order chi connectivity index (χ0) is 20.3. The number of hydrogen-bond donors (Lipinski definition) is 1. The number of amides is 1. The van der Waals surface area contributed by atoms with Gasteiger partial charge in [0, 0.05) is 23.5 Å². The number of hydrogen-bond acceptors (Lipinski definition) is 5. The highest BCUT2D eigenvalue weighted by molar-refractivity contribution is 6.44. The van der Waals surface area contributed by atoms with Crippen molar-refractivity contribution < 1.29 is 14.3 Å². The molecule has 3 rings (SSSR count). The van der Waals surface area contributed by atoms with E-state index in [2.05, 4.69) is 20.0 Å². The van der Waals surface area contributed by atoms with Gasteiger partial charge in [0.05, 0.1) is 28.4 Å². The highest BCUT2D eigenvalue weighted by atomic mass is 35.5. The maximum atomic E-state index is 12.5. The molecule has 0 saturated heterocycles. The third kappa shape index (κ3) is 4.09. The molecule has 0 saturated carbocycles. The van der Waals surface area contributed by atoms with Gasteiger partial charge in [0.1, 0.15) is 10.8 Å². The van der Waals surface area contributed by atoms with Crippen LogP contribution in [0.3, 0.4) is 0 Å². The fourth-order valence-electron chi connectivity index (χ4n) is 2.42. The number of benzene rings is 1. The van der Waals surface area contributed by atoms with Crippen molar-refractivity contribution in [1.29, 1.82) is 0 Å². The first-order chi connectivity index (χ1) is 13.4. The average molecular weight is 437 g/mol. The Bertz CT molecular complexity index is 1060. The normalized spacial score (nSPS) is 10.4. The predicted octanol–water partition coefficient (Wildman–Crippen LogP) is 5.14. The standard InChI is InChI=1S/C19H12Cl3N3O3/c1-28-19(27)10-5-6-14(24-9-10)18(26)25-13-4-2-3-11(15(13)20)12-7-8-23-17(22)16(12)21/h2-9H,1H3,(H,25,26). The minimum atomic E-state index is -0.539. The molecule has 0 spiro atoms. The third-order valence-electron chi connectivity index (χ3n) is 3.80. The van der Waals surface area contributed by atoms with Gasteiger partial charge in [-0.3, -0.25) is 9.78 Å². The molecule has 0 atom stereocenters. The molecule has 6 nitrogen and oxygen atoms in total. The van der Waals surface area contributed by atoms with Crippen LogP contribution in [0.1, 0.15) is 20.8 Å². The summed E-state index contributed by atoms with van der Waals surface area (Å²) < 4.78 is 4.60. The van der Waals surface area contributed by atoms with Crippen LogP contribution >= 0.6 is 34.8 Å². The lowest BCUT2D eigenvalue weighted by atomic mass is 10.1. The van der Waals surface area contributed by atoms with Crippen LogP contribution in [-0.4, -0.2) is 29.0 Å². The summed E-state index contributed by atoms with van der Waals surface area (Å²) in [6.45, 7) is 0. The van der Waals surface area contributed by atoms with Crippen LogP contribution in [-0.2, 0) is 4.74 Å². The second-order valence-electron chi connectivity index (χ2n) is 5.51. The SMILES string of the molecule is COC(=O)c1ccc(C(=O)Nc2cccc(-c3ccnc(Cl)c3Cl)c2Cl)nc1. The number of esters is 1. The van der Waals surface area contributed by atoms with Gasteiger partial charge in [-0.25, -0.2) is 9.78 Å². The zero-order valence-electron chi connectivity index (χ0n) is 14.4. The van der Waals surface area contributed by atoms with Crippen LogP contribution in [0, 0.1) is 0 Å². The second-order valence-corrected chi connectivity index (χ2v) is 6.62. The number of nitrogens with zero attached hydrogens (tertiary/aromatic N) is 2. The molecule has 0 aliphatic heterocycles. The lowest BCUT2D eigenvalue weighted by Crippen LogP contribution is -2.14. The van der Waals surface area contributed by atoms with Gasteiger partial charge in [-0.15, -0.1) is 0 Å². The van der Waals surface area contributed by atoms with Crippen LogP contribution in [0.15, 0.2) is 48.8 Å². The molecule has 0 fully saturated rings. The number of anilines is 1. The lowest BCUT2D eigenvalue weighted by molar-refractivity contribution is 0.0600. The van der Waals surface area contributed by atoms with Crippen LogP contribution in [0.25, 0.3) is 11.1 Å². The number of rotatable bonds is 4. The maximum absolute atomic E-state index is 12.5. The molecule has 0 bridgehead atoms. The first-order valence-corrected chi connectivity index (χ1v) is 9.00. The van der Waals surface area contributed by atoms with Gasteiger partial charge < -0.3 is 10.1 Å². The van der Waals surface area contributed by atoms with E-state index in [4.69, 9.17) is 34.8 Å². The molecule has 0 aliphatic carbocycles. The monoisotopic (exact) mass is 435 g/mol. The molecule has 3 aromatic rings. The number of aromatic nitrogens is 2. The van der Waals surface area contributed by atoms with Gasteiger partial charge >= 0.3 is 5.97 Å². The van der Waals surface area contributed by atoms with Crippen molar-refractivity contribution in [1.82, 2.24) is 9.97 Å². The van der Waals surface area contributed by atoms with Crippen molar-refractivity contribution in [3.63, 3.8) is 0 Å². The molecule has 2 heterocycles. The van der Waals surface area contributed by atoms with E-state index in [1.807, 2.05) is 0 Å². The van der Waals surface area contributed by atoms with Crippen LogP contribution < -0.4 is 5.32 Å². The Hall–Kier alpha value is -2.67. The minimum absolute atomic E-state index is 0.110. The van der Waals surface area contributed by atoms with E-state index in [-0.39, 0.29) is 26.5 Å². The zero-order valence-corrected chi connectivity index (χ0v) is 16.6. The topological polar surface area (TPSA) is 81.2 Å². The van der Waals surface area contributed by atoms with E-state index in [1.165, 1.54) is 31.6 Å². The van der Waals surface area contributed by atoms with Crippen molar-refractivity contribution in [3.8, 4) is 11.1 Å². The summed E-state index contributed by atoms with van der Waals surface area (Å²) >= 11 is 18.7. The van der Waals surface area contributed by atoms with E-state index in [0.29, 0.717) is 16.8 Å². The number of methoxy groups -OCH3 is 1. The molecule has 2 aromatic heterocycles. The van der Waals surface area contributed by atoms with Gasteiger partial charge in [-0.05, 0) is 24.3 Å². The van der Waals surface area contributed by atoms with E-state index in [0.717, 1.165) is 0 Å². The van der Waals surface area contributed by atoms with E-state index in [9.17, 15) is 9.59 Å². The molecule has 0 aliphatic rings. The highest BCUT2D eigenvalue weighted by Crippen LogP contribution is 2.39. The summed E-state index contributed by atoms with van der Waals surface area (Å²) in [4.78, 5) is 31.8. The van der Waals surface area contributed by atoms with Crippen molar-refractivity contribution in [2.75, 3.05) is 12.4 Å². The Morgan fingerprint density at radius 3 is 2.39 bits per heavy atom. The second kappa shape index (κ2) is 8.56. The van der Waals surface area contributed by atoms with Crippen LogP contribution in [0.2, 0.25) is 15.2 Å². The summed E-state index contributed by atoms with van der Waals surface area (Å²) in [6.07, 6.45) is 2.77. The lowest BCUT2D eigenvalue weighted by Gasteiger charge is -2.12. The average Bonchev–Trinajstić information content (AvgIpc) is 2.71. The summed E-state index contributed by atoms with van der Waals surface area (Å²) in [7, 11) is 1.26. The number of carbonyl (C=O) groups is 2. The van der Waals surface area contributed by atoms with Gasteiger partial charge in [0.2, 0.25) is 0 Å². The molecular weight excluding hydrogens is 425 g/mol. The molecule has 9 heteroatoms. The molecule has 1 amide bonds. The molecule has 28 heavy (non-hydrogen) atoms.